The summed E-state index contributed by atoms with van der Waals surface area (Å²) in [5.74, 6) is -0.386. The smallest absolute Gasteiger partial charge is 0.347 e. The topological polar surface area (TPSA) is 65.1 Å². The number of hydrogen-bond acceptors (Lipinski definition) is 4. The Bertz CT molecular complexity index is 919. The highest BCUT2D eigenvalue weighted by Crippen LogP contribution is 2.13. The SMILES string of the molecule is CCn1nccc1C=CC(=O)c1cc2ccccc2oc1=O. The summed E-state index contributed by atoms with van der Waals surface area (Å²) in [5, 5.41) is 4.84. The zero-order valence-corrected chi connectivity index (χ0v) is 12.0. The maximum absolute atomic E-state index is 12.2. The van der Waals surface area contributed by atoms with Crippen molar-refractivity contribution in [2.75, 3.05) is 0 Å². The van der Waals surface area contributed by atoms with Gasteiger partial charge in [-0.05, 0) is 37.3 Å². The molecular formula is C17H14N2O3. The summed E-state index contributed by atoms with van der Waals surface area (Å²) in [6.07, 6.45) is 4.68. The van der Waals surface area contributed by atoms with Crippen LogP contribution in [0.25, 0.3) is 17.0 Å². The summed E-state index contributed by atoms with van der Waals surface area (Å²) in [4.78, 5) is 24.1. The van der Waals surface area contributed by atoms with E-state index in [0.717, 1.165) is 11.1 Å². The van der Waals surface area contributed by atoms with E-state index in [1.807, 2.05) is 13.0 Å². The quantitative estimate of drug-likeness (QED) is 0.421. The van der Waals surface area contributed by atoms with Gasteiger partial charge >= 0.3 is 5.63 Å². The van der Waals surface area contributed by atoms with Crippen LogP contribution >= 0.6 is 0 Å². The van der Waals surface area contributed by atoms with E-state index >= 15 is 0 Å². The van der Waals surface area contributed by atoms with Crippen molar-refractivity contribution in [2.24, 2.45) is 0 Å². The third-order valence-corrected chi connectivity index (χ3v) is 3.36. The monoisotopic (exact) mass is 294 g/mol. The lowest BCUT2D eigenvalue weighted by Crippen LogP contribution is -2.12. The first-order valence-corrected chi connectivity index (χ1v) is 6.96. The number of carbonyl (C=O) groups is 1. The van der Waals surface area contributed by atoms with Gasteiger partial charge in [-0.2, -0.15) is 5.10 Å². The lowest BCUT2D eigenvalue weighted by atomic mass is 10.1. The lowest BCUT2D eigenvalue weighted by molar-refractivity contribution is 0.104. The van der Waals surface area contributed by atoms with Crippen LogP contribution in [-0.4, -0.2) is 15.6 Å². The molecule has 5 nitrogen and oxygen atoms in total. The van der Waals surface area contributed by atoms with Gasteiger partial charge in [0, 0.05) is 18.1 Å². The van der Waals surface area contributed by atoms with Crippen LogP contribution in [-0.2, 0) is 6.54 Å². The molecule has 0 aliphatic heterocycles. The molecule has 3 rings (SSSR count). The zero-order chi connectivity index (χ0) is 15.5. The van der Waals surface area contributed by atoms with Crippen LogP contribution in [0.15, 0.2) is 57.9 Å². The number of aromatic nitrogens is 2. The summed E-state index contributed by atoms with van der Waals surface area (Å²) in [7, 11) is 0. The van der Waals surface area contributed by atoms with Gasteiger partial charge in [0.25, 0.3) is 0 Å². The molecule has 110 valence electrons. The van der Waals surface area contributed by atoms with Crippen molar-refractivity contribution in [1.29, 1.82) is 0 Å². The number of allylic oxidation sites excluding steroid dienone is 1. The molecule has 2 aromatic heterocycles. The van der Waals surface area contributed by atoms with E-state index in [1.54, 1.807) is 47.3 Å². The molecule has 1 aromatic carbocycles. The normalized spacial score (nSPS) is 11.3. The maximum Gasteiger partial charge on any atom is 0.347 e. The van der Waals surface area contributed by atoms with Crippen molar-refractivity contribution in [1.82, 2.24) is 9.78 Å². The van der Waals surface area contributed by atoms with E-state index in [2.05, 4.69) is 5.10 Å². The molecule has 5 heteroatoms. The van der Waals surface area contributed by atoms with Crippen LogP contribution in [0.1, 0.15) is 23.0 Å². The highest BCUT2D eigenvalue weighted by molar-refractivity contribution is 6.07. The van der Waals surface area contributed by atoms with E-state index < -0.39 is 5.63 Å². The van der Waals surface area contributed by atoms with Gasteiger partial charge in [0.2, 0.25) is 0 Å². The third kappa shape index (κ3) is 2.61. The van der Waals surface area contributed by atoms with Crippen molar-refractivity contribution >= 4 is 22.8 Å². The zero-order valence-electron chi connectivity index (χ0n) is 12.0. The largest absolute Gasteiger partial charge is 0.422 e. The number of nitrogens with zero attached hydrogens (tertiary/aromatic N) is 2. The number of ketones is 1. The molecule has 0 aliphatic rings. The second kappa shape index (κ2) is 5.81. The minimum atomic E-state index is -0.627. The Labute approximate surface area is 126 Å². The Hall–Kier alpha value is -2.95. The average molecular weight is 294 g/mol. The minimum absolute atomic E-state index is 0.0255. The molecule has 3 aromatic rings. The van der Waals surface area contributed by atoms with Crippen molar-refractivity contribution in [3.8, 4) is 0 Å². The lowest BCUT2D eigenvalue weighted by Gasteiger charge is -2.00. The fourth-order valence-electron chi connectivity index (χ4n) is 2.23. The van der Waals surface area contributed by atoms with Crippen LogP contribution in [0.4, 0.5) is 0 Å². The molecule has 0 aliphatic carbocycles. The molecule has 0 fully saturated rings. The molecule has 0 radical (unpaired) electrons. The molecule has 0 atom stereocenters. The molecule has 22 heavy (non-hydrogen) atoms. The first-order valence-electron chi connectivity index (χ1n) is 6.96. The Morgan fingerprint density at radius 1 is 1.32 bits per heavy atom. The Balaban J connectivity index is 1.95. The van der Waals surface area contributed by atoms with Gasteiger partial charge in [0.05, 0.1) is 5.69 Å². The predicted octanol–water partition coefficient (Wildman–Crippen LogP) is 2.91. The fourth-order valence-corrected chi connectivity index (χ4v) is 2.23. The molecule has 0 spiro atoms. The van der Waals surface area contributed by atoms with Crippen LogP contribution in [0.2, 0.25) is 0 Å². The Morgan fingerprint density at radius 3 is 2.95 bits per heavy atom. The number of aryl methyl sites for hydroxylation is 1. The molecule has 0 unspecified atom stereocenters. The molecule has 0 N–H and O–H groups in total. The number of para-hydroxylation sites is 1. The van der Waals surface area contributed by atoms with Crippen molar-refractivity contribution in [2.45, 2.75) is 13.5 Å². The van der Waals surface area contributed by atoms with Gasteiger partial charge in [-0.1, -0.05) is 18.2 Å². The summed E-state index contributed by atoms with van der Waals surface area (Å²) in [6.45, 7) is 2.67. The second-order valence-electron chi connectivity index (χ2n) is 4.75. The number of carbonyl (C=O) groups excluding carboxylic acids is 1. The highest BCUT2D eigenvalue weighted by atomic mass is 16.4. The van der Waals surface area contributed by atoms with E-state index in [0.29, 0.717) is 12.1 Å². The second-order valence-corrected chi connectivity index (χ2v) is 4.75. The molecule has 0 amide bonds. The van der Waals surface area contributed by atoms with Crippen LogP contribution < -0.4 is 5.63 Å². The average Bonchev–Trinajstić information content (AvgIpc) is 2.99. The standard InChI is InChI=1S/C17H14N2O3/c1-2-19-13(9-10-18-19)7-8-15(20)14-11-12-5-3-4-6-16(12)22-17(14)21/h3-11H,2H2,1H3. The highest BCUT2D eigenvalue weighted by Gasteiger charge is 2.11. The van der Waals surface area contributed by atoms with Crippen LogP contribution in [0, 0.1) is 0 Å². The van der Waals surface area contributed by atoms with E-state index in [1.165, 1.54) is 6.08 Å². The van der Waals surface area contributed by atoms with Gasteiger partial charge < -0.3 is 4.42 Å². The summed E-state index contributed by atoms with van der Waals surface area (Å²) >= 11 is 0. The number of hydrogen-bond donors (Lipinski definition) is 0. The molecule has 0 saturated carbocycles. The minimum Gasteiger partial charge on any atom is -0.422 e. The van der Waals surface area contributed by atoms with Gasteiger partial charge in [0.15, 0.2) is 5.78 Å². The van der Waals surface area contributed by atoms with Crippen molar-refractivity contribution in [3.05, 3.63) is 70.3 Å². The third-order valence-electron chi connectivity index (χ3n) is 3.36. The van der Waals surface area contributed by atoms with Gasteiger partial charge in [-0.15, -0.1) is 0 Å². The first kappa shape index (κ1) is 14.0. The Morgan fingerprint density at radius 2 is 2.14 bits per heavy atom. The van der Waals surface area contributed by atoms with Gasteiger partial charge in [-0.25, -0.2) is 4.79 Å². The van der Waals surface area contributed by atoms with Gasteiger partial charge in [0.1, 0.15) is 11.1 Å². The van der Waals surface area contributed by atoms with Crippen LogP contribution in [0.5, 0.6) is 0 Å². The van der Waals surface area contributed by atoms with E-state index in [9.17, 15) is 9.59 Å². The van der Waals surface area contributed by atoms with Crippen LogP contribution in [0.3, 0.4) is 0 Å². The molecule has 0 bridgehead atoms. The number of rotatable bonds is 4. The van der Waals surface area contributed by atoms with Crippen molar-refractivity contribution in [3.63, 3.8) is 0 Å². The molecule has 2 heterocycles. The fraction of sp³-hybridized carbons (Fsp3) is 0.118. The number of fused-ring (bicyclic) bond motifs is 1. The summed E-state index contributed by atoms with van der Waals surface area (Å²) < 4.78 is 6.92. The summed E-state index contributed by atoms with van der Waals surface area (Å²) in [6, 6.07) is 10.5. The van der Waals surface area contributed by atoms with E-state index in [4.69, 9.17) is 4.42 Å². The Kier molecular flexibility index (Phi) is 3.70. The molecular weight excluding hydrogens is 280 g/mol. The predicted molar refractivity (Wildman–Crippen MR) is 83.7 cm³/mol. The maximum atomic E-state index is 12.2. The first-order chi connectivity index (χ1) is 10.7. The van der Waals surface area contributed by atoms with Crippen molar-refractivity contribution < 1.29 is 9.21 Å². The number of benzene rings is 1. The molecule has 0 saturated heterocycles. The summed E-state index contributed by atoms with van der Waals surface area (Å²) in [5.41, 5.74) is 0.674. The van der Waals surface area contributed by atoms with Gasteiger partial charge in [-0.3, -0.25) is 9.48 Å². The van der Waals surface area contributed by atoms with E-state index in [-0.39, 0.29) is 11.3 Å².